The van der Waals surface area contributed by atoms with Crippen LogP contribution in [0.15, 0.2) is 47.5 Å². The van der Waals surface area contributed by atoms with E-state index in [-0.39, 0.29) is 5.69 Å². The van der Waals surface area contributed by atoms with Crippen LogP contribution in [0.1, 0.15) is 0 Å². The number of aromatic nitrogens is 3. The van der Waals surface area contributed by atoms with Gasteiger partial charge < -0.3 is 4.98 Å². The van der Waals surface area contributed by atoms with Gasteiger partial charge in [0.05, 0.1) is 21.7 Å². The molecule has 3 aromatic rings. The smallest absolute Gasteiger partial charge is 0.305 e. The largest absolute Gasteiger partial charge is 0.331 e. The molecule has 0 radical (unpaired) electrons. The van der Waals surface area contributed by atoms with Crippen molar-refractivity contribution in [1.29, 1.82) is 0 Å². The number of H-pyrrole nitrogens is 1. The fraction of sp³-hybridized carbons (Fsp3) is 0. The molecule has 0 saturated heterocycles. The quantitative estimate of drug-likeness (QED) is 0.716. The first-order valence-corrected chi connectivity index (χ1v) is 5.45. The fourth-order valence-corrected chi connectivity index (χ4v) is 2.05. The van der Waals surface area contributed by atoms with Gasteiger partial charge in [0.15, 0.2) is 0 Å². The number of hydrogen-bond donors (Lipinski definition) is 1. The highest BCUT2D eigenvalue weighted by atomic mass is 35.5. The summed E-state index contributed by atoms with van der Waals surface area (Å²) >= 11 is 6.05. The van der Waals surface area contributed by atoms with Gasteiger partial charge in [0, 0.05) is 12.4 Å². The minimum Gasteiger partial charge on any atom is -0.305 e. The molecule has 4 nitrogen and oxygen atoms in total. The molecule has 17 heavy (non-hydrogen) atoms. The highest BCUT2D eigenvalue weighted by molar-refractivity contribution is 6.32. The van der Waals surface area contributed by atoms with Crippen LogP contribution in [0, 0.1) is 0 Å². The Morgan fingerprint density at radius 1 is 1.24 bits per heavy atom. The van der Waals surface area contributed by atoms with E-state index in [2.05, 4.69) is 9.97 Å². The Morgan fingerprint density at radius 2 is 2.06 bits per heavy atom. The summed E-state index contributed by atoms with van der Waals surface area (Å²) in [6.07, 6.45) is 3.13. The summed E-state index contributed by atoms with van der Waals surface area (Å²) in [4.78, 5) is 18.6. The van der Waals surface area contributed by atoms with Crippen LogP contribution in [0.2, 0.25) is 5.02 Å². The predicted octanol–water partition coefficient (Wildman–Crippen LogP) is 2.37. The van der Waals surface area contributed by atoms with E-state index in [1.165, 1.54) is 6.20 Å². The lowest BCUT2D eigenvalue weighted by atomic mass is 10.3. The minimum absolute atomic E-state index is 0.209. The molecule has 0 bridgehead atoms. The van der Waals surface area contributed by atoms with Crippen molar-refractivity contribution < 1.29 is 0 Å². The number of para-hydroxylation sites is 2. The molecule has 0 aliphatic heterocycles. The molecule has 5 heteroatoms. The van der Waals surface area contributed by atoms with Crippen LogP contribution in [0.25, 0.3) is 16.7 Å². The zero-order chi connectivity index (χ0) is 11.8. The summed E-state index contributed by atoms with van der Waals surface area (Å²) in [6, 6.07) is 9.17. The van der Waals surface area contributed by atoms with Crippen LogP contribution in [0.5, 0.6) is 0 Å². The van der Waals surface area contributed by atoms with Gasteiger partial charge in [-0.3, -0.25) is 9.55 Å². The van der Waals surface area contributed by atoms with Crippen LogP contribution >= 0.6 is 11.6 Å². The Balaban J connectivity index is 2.42. The molecule has 0 aliphatic rings. The van der Waals surface area contributed by atoms with Crippen LogP contribution in [0.4, 0.5) is 0 Å². The second kappa shape index (κ2) is 3.75. The third-order valence-corrected chi connectivity index (χ3v) is 2.87. The second-order valence-electron chi connectivity index (χ2n) is 3.61. The normalized spacial score (nSPS) is 10.9. The molecule has 2 aromatic heterocycles. The van der Waals surface area contributed by atoms with Gasteiger partial charge in [0.25, 0.3) is 0 Å². The van der Waals surface area contributed by atoms with Crippen molar-refractivity contribution in [2.45, 2.75) is 0 Å². The number of halogens is 1. The number of imidazole rings is 1. The van der Waals surface area contributed by atoms with Gasteiger partial charge in [-0.05, 0) is 18.2 Å². The van der Waals surface area contributed by atoms with Crippen LogP contribution in [-0.2, 0) is 0 Å². The van der Waals surface area contributed by atoms with Gasteiger partial charge in [-0.25, -0.2) is 4.79 Å². The monoisotopic (exact) mass is 245 g/mol. The minimum atomic E-state index is -0.209. The van der Waals surface area contributed by atoms with E-state index in [0.717, 1.165) is 11.0 Å². The number of nitrogens with zero attached hydrogens (tertiary/aromatic N) is 2. The Hall–Kier alpha value is -2.07. The number of hydrogen-bond acceptors (Lipinski definition) is 2. The maximum absolute atomic E-state index is 11.9. The van der Waals surface area contributed by atoms with Gasteiger partial charge in [0.1, 0.15) is 0 Å². The molecule has 1 N–H and O–H groups in total. The van der Waals surface area contributed by atoms with E-state index < -0.39 is 0 Å². The Kier molecular flexibility index (Phi) is 2.23. The predicted molar refractivity (Wildman–Crippen MR) is 66.7 cm³/mol. The van der Waals surface area contributed by atoms with Crippen molar-refractivity contribution >= 4 is 22.6 Å². The maximum atomic E-state index is 11.9. The lowest BCUT2D eigenvalue weighted by molar-refractivity contribution is 1.01. The second-order valence-corrected chi connectivity index (χ2v) is 4.02. The first kappa shape index (κ1) is 10.1. The number of nitrogens with one attached hydrogen (secondary N) is 1. The van der Waals surface area contributed by atoms with E-state index >= 15 is 0 Å². The molecule has 0 unspecified atom stereocenters. The third kappa shape index (κ3) is 1.54. The molecule has 0 aliphatic carbocycles. The molecule has 0 saturated carbocycles. The summed E-state index contributed by atoms with van der Waals surface area (Å²) in [5.74, 6) is 0. The number of rotatable bonds is 1. The number of benzene rings is 1. The van der Waals surface area contributed by atoms with Crippen molar-refractivity contribution in [3.63, 3.8) is 0 Å². The van der Waals surface area contributed by atoms with Gasteiger partial charge in [0.2, 0.25) is 0 Å². The van der Waals surface area contributed by atoms with Gasteiger partial charge >= 0.3 is 5.69 Å². The highest BCUT2D eigenvalue weighted by Crippen LogP contribution is 2.21. The van der Waals surface area contributed by atoms with Crippen LogP contribution in [-0.4, -0.2) is 14.5 Å². The van der Waals surface area contributed by atoms with Gasteiger partial charge in [-0.2, -0.15) is 0 Å². The molecular formula is C12H8ClN3O. The Bertz CT molecular complexity index is 745. The molecule has 3 rings (SSSR count). The summed E-state index contributed by atoms with van der Waals surface area (Å²) in [6.45, 7) is 0. The van der Waals surface area contributed by atoms with Crippen molar-refractivity contribution in [2.75, 3.05) is 0 Å². The van der Waals surface area contributed by atoms with Crippen LogP contribution in [0.3, 0.4) is 0 Å². The van der Waals surface area contributed by atoms with E-state index in [9.17, 15) is 4.79 Å². The molecule has 0 atom stereocenters. The molecule has 1 aromatic carbocycles. The van der Waals surface area contributed by atoms with Crippen molar-refractivity contribution in [3.05, 3.63) is 58.2 Å². The zero-order valence-corrected chi connectivity index (χ0v) is 9.48. The van der Waals surface area contributed by atoms with Gasteiger partial charge in [-0.15, -0.1) is 0 Å². The molecule has 0 amide bonds. The van der Waals surface area contributed by atoms with Crippen LogP contribution < -0.4 is 5.69 Å². The van der Waals surface area contributed by atoms with E-state index in [1.807, 2.05) is 24.3 Å². The topological polar surface area (TPSA) is 50.7 Å². The number of fused-ring (bicyclic) bond motifs is 1. The van der Waals surface area contributed by atoms with Crippen molar-refractivity contribution in [3.8, 4) is 5.69 Å². The highest BCUT2D eigenvalue weighted by Gasteiger charge is 2.10. The fourth-order valence-electron chi connectivity index (χ4n) is 1.84. The number of aromatic amines is 1. The third-order valence-electron chi connectivity index (χ3n) is 2.58. The first-order valence-electron chi connectivity index (χ1n) is 5.07. The Morgan fingerprint density at radius 3 is 2.88 bits per heavy atom. The number of pyridine rings is 1. The van der Waals surface area contributed by atoms with E-state index in [4.69, 9.17) is 11.6 Å². The summed E-state index contributed by atoms with van der Waals surface area (Å²) in [5.41, 5.74) is 2.00. The summed E-state index contributed by atoms with van der Waals surface area (Å²) in [7, 11) is 0. The van der Waals surface area contributed by atoms with Crippen molar-refractivity contribution in [2.24, 2.45) is 0 Å². The standard InChI is InChI=1S/C12H8ClN3O/c13-8-7-14-6-5-10(8)16-11-4-2-1-3-9(11)15-12(16)17/h1-7H,(H,15,17). The molecule has 0 spiro atoms. The van der Waals surface area contributed by atoms with Gasteiger partial charge in [-0.1, -0.05) is 23.7 Å². The SMILES string of the molecule is O=c1[nH]c2ccccc2n1-c1ccncc1Cl. The molecule has 84 valence electrons. The summed E-state index contributed by atoms with van der Waals surface area (Å²) in [5, 5.41) is 0.444. The first-order chi connectivity index (χ1) is 8.27. The lowest BCUT2D eigenvalue weighted by Gasteiger charge is -2.04. The Labute approximate surface area is 101 Å². The molecular weight excluding hydrogens is 238 g/mol. The maximum Gasteiger partial charge on any atom is 0.331 e. The van der Waals surface area contributed by atoms with E-state index in [0.29, 0.717) is 10.7 Å². The van der Waals surface area contributed by atoms with E-state index in [1.54, 1.807) is 16.8 Å². The van der Waals surface area contributed by atoms with Crippen molar-refractivity contribution in [1.82, 2.24) is 14.5 Å². The average molecular weight is 246 g/mol. The zero-order valence-electron chi connectivity index (χ0n) is 8.72. The molecule has 0 fully saturated rings. The molecule has 2 heterocycles. The summed E-state index contributed by atoms with van der Waals surface area (Å²) < 4.78 is 1.54. The lowest BCUT2D eigenvalue weighted by Crippen LogP contribution is -2.14. The average Bonchev–Trinajstić information content (AvgIpc) is 2.66.